The van der Waals surface area contributed by atoms with E-state index in [2.05, 4.69) is 41.4 Å². The largest absolute Gasteiger partial charge is 0.325 e. The molecule has 0 fully saturated rings. The summed E-state index contributed by atoms with van der Waals surface area (Å²) < 4.78 is 0.968. The number of hydrogen-bond acceptors (Lipinski definition) is 6. The zero-order chi connectivity index (χ0) is 20.2. The van der Waals surface area contributed by atoms with Gasteiger partial charge in [-0.2, -0.15) is 0 Å². The molecule has 4 rings (SSSR count). The third-order valence-electron chi connectivity index (χ3n) is 4.42. The molecule has 0 radical (unpaired) electrons. The van der Waals surface area contributed by atoms with Crippen LogP contribution in [0.15, 0.2) is 53.1 Å². The highest BCUT2D eigenvalue weighted by atomic mass is 79.9. The molecule has 2 aromatic heterocycles. The summed E-state index contributed by atoms with van der Waals surface area (Å²) in [6.07, 6.45) is 2.33. The van der Waals surface area contributed by atoms with Crippen molar-refractivity contribution in [3.8, 4) is 0 Å². The molecule has 29 heavy (non-hydrogen) atoms. The first-order valence-corrected chi connectivity index (χ1v) is 10.7. The van der Waals surface area contributed by atoms with Crippen LogP contribution in [0.25, 0.3) is 0 Å². The van der Waals surface area contributed by atoms with E-state index < -0.39 is 0 Å². The van der Waals surface area contributed by atoms with Crippen molar-refractivity contribution in [3.05, 3.63) is 69.4 Å². The third kappa shape index (κ3) is 5.06. The number of rotatable bonds is 5. The number of nitrogens with one attached hydrogen (secondary N) is 2. The number of carbonyl (C=O) groups excluding carboxylic acids is 2. The fraction of sp³-hybridized carbons (Fsp3) is 0.200. The number of aromatic nitrogens is 2. The van der Waals surface area contributed by atoms with Crippen LogP contribution in [0.1, 0.15) is 21.1 Å². The predicted molar refractivity (Wildman–Crippen MR) is 116 cm³/mol. The number of pyridine rings is 1. The molecular formula is C20H18BrN5O2S. The lowest BCUT2D eigenvalue weighted by molar-refractivity contribution is -0.117. The molecule has 0 saturated carbocycles. The lowest BCUT2D eigenvalue weighted by Gasteiger charge is -2.25. The van der Waals surface area contributed by atoms with Crippen LogP contribution in [0.3, 0.4) is 0 Å². The maximum atomic E-state index is 12.3. The van der Waals surface area contributed by atoms with Gasteiger partial charge in [0.15, 0.2) is 5.13 Å². The van der Waals surface area contributed by atoms with Crippen LogP contribution in [0.2, 0.25) is 0 Å². The number of hydrogen-bond donors (Lipinski definition) is 2. The monoisotopic (exact) mass is 471 g/mol. The second-order valence-corrected chi connectivity index (χ2v) is 8.57. The van der Waals surface area contributed by atoms with Crippen LogP contribution in [0.4, 0.5) is 10.8 Å². The van der Waals surface area contributed by atoms with E-state index in [1.165, 1.54) is 11.3 Å². The van der Waals surface area contributed by atoms with Gasteiger partial charge in [0.2, 0.25) is 5.91 Å². The molecule has 0 bridgehead atoms. The zero-order valence-electron chi connectivity index (χ0n) is 15.4. The summed E-state index contributed by atoms with van der Waals surface area (Å²) >= 11 is 4.83. The molecule has 0 saturated heterocycles. The van der Waals surface area contributed by atoms with E-state index in [4.69, 9.17) is 0 Å². The molecule has 2 amide bonds. The Morgan fingerprint density at radius 3 is 2.72 bits per heavy atom. The number of halogens is 1. The van der Waals surface area contributed by atoms with Crippen LogP contribution in [-0.2, 0) is 17.8 Å². The van der Waals surface area contributed by atoms with Gasteiger partial charge in [0.1, 0.15) is 5.69 Å². The molecule has 2 N–H and O–H groups in total. The fourth-order valence-corrected chi connectivity index (χ4v) is 4.34. The first kappa shape index (κ1) is 19.7. The van der Waals surface area contributed by atoms with Gasteiger partial charge in [-0.15, -0.1) is 11.3 Å². The SMILES string of the molecule is O=C(CN1CCc2nc(NC(=O)c3ccccn3)sc2C1)Nc1ccc(Br)cc1. The quantitative estimate of drug-likeness (QED) is 0.593. The second-order valence-electron chi connectivity index (χ2n) is 6.57. The van der Waals surface area contributed by atoms with Gasteiger partial charge in [-0.05, 0) is 36.4 Å². The summed E-state index contributed by atoms with van der Waals surface area (Å²) in [5, 5.41) is 6.29. The molecule has 1 aliphatic heterocycles. The predicted octanol–water partition coefficient (Wildman–Crippen LogP) is 3.55. The average Bonchev–Trinajstić information content (AvgIpc) is 3.12. The summed E-state index contributed by atoms with van der Waals surface area (Å²) in [4.78, 5) is 36.3. The van der Waals surface area contributed by atoms with E-state index in [9.17, 15) is 9.59 Å². The molecular weight excluding hydrogens is 454 g/mol. The Balaban J connectivity index is 1.34. The summed E-state index contributed by atoms with van der Waals surface area (Å²) in [6, 6.07) is 12.7. The summed E-state index contributed by atoms with van der Waals surface area (Å²) in [5.41, 5.74) is 2.11. The second kappa shape index (κ2) is 8.81. The summed E-state index contributed by atoms with van der Waals surface area (Å²) in [7, 11) is 0. The minimum absolute atomic E-state index is 0.0519. The van der Waals surface area contributed by atoms with Crippen molar-refractivity contribution >= 4 is 49.9 Å². The lowest BCUT2D eigenvalue weighted by atomic mass is 10.2. The molecule has 0 aliphatic carbocycles. The van der Waals surface area contributed by atoms with Gasteiger partial charge in [-0.25, -0.2) is 4.98 Å². The third-order valence-corrected chi connectivity index (χ3v) is 5.95. The highest BCUT2D eigenvalue weighted by Crippen LogP contribution is 2.28. The van der Waals surface area contributed by atoms with Crippen LogP contribution in [0.5, 0.6) is 0 Å². The Morgan fingerprint density at radius 2 is 1.97 bits per heavy atom. The highest BCUT2D eigenvalue weighted by Gasteiger charge is 2.23. The Morgan fingerprint density at radius 1 is 1.14 bits per heavy atom. The molecule has 1 aromatic carbocycles. The van der Waals surface area contributed by atoms with E-state index in [-0.39, 0.29) is 11.8 Å². The summed E-state index contributed by atoms with van der Waals surface area (Å²) in [5.74, 6) is -0.327. The number of benzene rings is 1. The first-order valence-electron chi connectivity index (χ1n) is 9.05. The van der Waals surface area contributed by atoms with E-state index in [1.54, 1.807) is 24.4 Å². The molecule has 9 heteroatoms. The van der Waals surface area contributed by atoms with E-state index in [0.29, 0.717) is 23.9 Å². The van der Waals surface area contributed by atoms with Gasteiger partial charge in [0.25, 0.3) is 5.91 Å². The van der Waals surface area contributed by atoms with Crippen LogP contribution < -0.4 is 10.6 Å². The molecule has 0 atom stereocenters. The normalized spacial score (nSPS) is 13.6. The fourth-order valence-electron chi connectivity index (χ4n) is 3.03. The number of nitrogens with zero attached hydrogens (tertiary/aromatic N) is 3. The topological polar surface area (TPSA) is 87.2 Å². The van der Waals surface area contributed by atoms with E-state index >= 15 is 0 Å². The molecule has 3 aromatic rings. The minimum atomic E-state index is -0.276. The Hall–Kier alpha value is -2.62. The van der Waals surface area contributed by atoms with Crippen molar-refractivity contribution in [2.45, 2.75) is 13.0 Å². The van der Waals surface area contributed by atoms with Gasteiger partial charge in [-0.1, -0.05) is 22.0 Å². The van der Waals surface area contributed by atoms with Gasteiger partial charge < -0.3 is 5.32 Å². The average molecular weight is 472 g/mol. The zero-order valence-corrected chi connectivity index (χ0v) is 17.8. The number of fused-ring (bicyclic) bond motifs is 1. The maximum Gasteiger partial charge on any atom is 0.276 e. The minimum Gasteiger partial charge on any atom is -0.325 e. The summed E-state index contributed by atoms with van der Waals surface area (Å²) in [6.45, 7) is 1.70. The van der Waals surface area contributed by atoms with Crippen LogP contribution in [0, 0.1) is 0 Å². The highest BCUT2D eigenvalue weighted by molar-refractivity contribution is 9.10. The first-order chi connectivity index (χ1) is 14.1. The Kier molecular flexibility index (Phi) is 5.98. The Bertz CT molecular complexity index is 1020. The van der Waals surface area contributed by atoms with Gasteiger partial charge in [0, 0.05) is 40.7 Å². The van der Waals surface area contributed by atoms with Crippen LogP contribution >= 0.6 is 27.3 Å². The standard InChI is InChI=1S/C20H18BrN5O2S/c21-13-4-6-14(7-5-13)23-18(27)12-26-10-8-15-17(11-26)29-20(24-15)25-19(28)16-3-1-2-9-22-16/h1-7,9H,8,10-12H2,(H,23,27)(H,24,25,28). The molecule has 1 aliphatic rings. The Labute approximate surface area is 180 Å². The number of amides is 2. The van der Waals surface area contributed by atoms with E-state index in [0.717, 1.165) is 33.7 Å². The smallest absolute Gasteiger partial charge is 0.276 e. The molecule has 0 spiro atoms. The van der Waals surface area contributed by atoms with Crippen LogP contribution in [-0.4, -0.2) is 39.8 Å². The lowest BCUT2D eigenvalue weighted by Crippen LogP contribution is -2.36. The van der Waals surface area contributed by atoms with Crippen molar-refractivity contribution in [1.82, 2.24) is 14.9 Å². The molecule has 7 nitrogen and oxygen atoms in total. The van der Waals surface area contributed by atoms with Crippen molar-refractivity contribution in [2.24, 2.45) is 0 Å². The van der Waals surface area contributed by atoms with Crippen molar-refractivity contribution in [2.75, 3.05) is 23.7 Å². The number of thiazole rings is 1. The van der Waals surface area contributed by atoms with Crippen molar-refractivity contribution < 1.29 is 9.59 Å². The van der Waals surface area contributed by atoms with Gasteiger partial charge in [0.05, 0.1) is 12.2 Å². The molecule has 0 unspecified atom stereocenters. The van der Waals surface area contributed by atoms with Crippen molar-refractivity contribution in [1.29, 1.82) is 0 Å². The molecule has 3 heterocycles. The van der Waals surface area contributed by atoms with Gasteiger partial charge >= 0.3 is 0 Å². The maximum absolute atomic E-state index is 12.3. The van der Waals surface area contributed by atoms with E-state index in [1.807, 2.05) is 24.3 Å². The van der Waals surface area contributed by atoms with Gasteiger partial charge in [-0.3, -0.25) is 24.8 Å². The number of anilines is 2. The molecule has 148 valence electrons. The van der Waals surface area contributed by atoms with Crippen molar-refractivity contribution in [3.63, 3.8) is 0 Å². The number of carbonyl (C=O) groups is 2.